The highest BCUT2D eigenvalue weighted by Gasteiger charge is 2.23. The number of amides is 4. The van der Waals surface area contributed by atoms with Gasteiger partial charge in [-0.15, -0.1) is 0 Å². The summed E-state index contributed by atoms with van der Waals surface area (Å²) in [5, 5.41) is 31.1. The van der Waals surface area contributed by atoms with Crippen molar-refractivity contribution < 1.29 is 39.0 Å². The number of carbonyl (C=O) groups is 6. The molecule has 4 amide bonds. The number of primary amides is 1. The summed E-state index contributed by atoms with van der Waals surface area (Å²) in [5.41, 5.74) is 5.01. The lowest BCUT2D eigenvalue weighted by Gasteiger charge is -2.19. The van der Waals surface area contributed by atoms with E-state index >= 15 is 0 Å². The Morgan fingerprint density at radius 3 is 1.73 bits per heavy atom. The van der Waals surface area contributed by atoms with E-state index in [0.717, 1.165) is 13.0 Å². The Bertz CT molecular complexity index is 787. The maximum atomic E-state index is 11.8. The number of carboxylic acid groups (broad SMARTS) is 1. The van der Waals surface area contributed by atoms with E-state index in [1.165, 1.54) is 13.8 Å². The number of nitrogens with two attached hydrogens (primary N) is 1. The number of carboxylic acids is 1. The number of hydrogen-bond donors (Lipinski definition) is 8. The molecule has 0 heterocycles. The second kappa shape index (κ2) is 23.8. The van der Waals surface area contributed by atoms with E-state index in [2.05, 4.69) is 26.6 Å². The van der Waals surface area contributed by atoms with Gasteiger partial charge in [0.2, 0.25) is 23.6 Å². The van der Waals surface area contributed by atoms with Crippen LogP contribution in [0, 0.1) is 5.92 Å². The average Bonchev–Trinajstić information content (AvgIpc) is 2.82. The Balaban J connectivity index is -0.000000560. The van der Waals surface area contributed by atoms with Gasteiger partial charge in [0.1, 0.15) is 6.04 Å². The smallest absolute Gasteiger partial charge is 0.305 e. The molecule has 0 rings (SSSR count). The molecular weight excluding hydrogens is 524 g/mol. The second-order valence-corrected chi connectivity index (χ2v) is 10.0. The van der Waals surface area contributed by atoms with Crippen molar-refractivity contribution in [2.45, 2.75) is 105 Å². The average molecular weight is 577 g/mol. The molecule has 14 heteroatoms. The van der Waals surface area contributed by atoms with E-state index in [0.29, 0.717) is 0 Å². The summed E-state index contributed by atoms with van der Waals surface area (Å²) in [6.45, 7) is 16.7. The fourth-order valence-electron chi connectivity index (χ4n) is 2.56. The second-order valence-electron chi connectivity index (χ2n) is 10.0. The number of rotatable bonds is 16. The first-order valence-electron chi connectivity index (χ1n) is 13.4. The summed E-state index contributed by atoms with van der Waals surface area (Å²) in [4.78, 5) is 66.0. The molecule has 234 valence electrons. The lowest BCUT2D eigenvalue weighted by atomic mass is 10.1. The summed E-state index contributed by atoms with van der Waals surface area (Å²) < 4.78 is 0. The van der Waals surface area contributed by atoms with Crippen molar-refractivity contribution in [1.82, 2.24) is 26.6 Å². The van der Waals surface area contributed by atoms with Gasteiger partial charge in [-0.25, -0.2) is 0 Å². The van der Waals surface area contributed by atoms with Crippen LogP contribution in [-0.2, 0) is 28.8 Å². The first-order chi connectivity index (χ1) is 18.3. The monoisotopic (exact) mass is 576 g/mol. The van der Waals surface area contributed by atoms with Gasteiger partial charge in [0, 0.05) is 31.5 Å². The van der Waals surface area contributed by atoms with Gasteiger partial charge in [-0.2, -0.15) is 0 Å². The van der Waals surface area contributed by atoms with E-state index in [1.54, 1.807) is 13.8 Å². The normalized spacial score (nSPS) is 12.6. The zero-order valence-electron chi connectivity index (χ0n) is 25.4. The van der Waals surface area contributed by atoms with Crippen molar-refractivity contribution in [2.75, 3.05) is 19.6 Å². The van der Waals surface area contributed by atoms with Crippen LogP contribution in [0.15, 0.2) is 0 Å². The molecule has 0 aromatic carbocycles. The summed E-state index contributed by atoms with van der Waals surface area (Å²) >= 11 is 0. The number of aliphatic hydroxyl groups is 1. The minimum Gasteiger partial charge on any atom is -0.481 e. The van der Waals surface area contributed by atoms with Gasteiger partial charge in [-0.1, -0.05) is 48.5 Å². The lowest BCUT2D eigenvalue weighted by molar-refractivity contribution is -0.140. The largest absolute Gasteiger partial charge is 0.481 e. The summed E-state index contributed by atoms with van der Waals surface area (Å²) in [6.07, 6.45) is -0.287. The molecule has 0 fully saturated rings. The standard InChI is InChI=1S/C12H22N2O4.C9H19N3O3.C5H11NO/c1-7(2)10(15)6-13-12(18)9(5-11(16)17)14-8(3)4;1-5(2)11-4-7(14)12-8(6(3)13)9(10)15;1-3-4-6-5(2)7/h7-9,14H,5-6H2,1-4H3,(H,13,18)(H,16,17);5-6,8,11,13H,4H2,1-3H3,(H2,10,15)(H,12,14);3-4H2,1-2H3,(H,6,7). The zero-order valence-corrected chi connectivity index (χ0v) is 25.4. The molecule has 0 saturated heterocycles. The van der Waals surface area contributed by atoms with Crippen LogP contribution in [0.5, 0.6) is 0 Å². The van der Waals surface area contributed by atoms with Crippen LogP contribution in [0.1, 0.15) is 75.2 Å². The van der Waals surface area contributed by atoms with Crippen LogP contribution in [0.2, 0.25) is 0 Å². The molecule has 0 saturated carbocycles. The maximum absolute atomic E-state index is 11.8. The van der Waals surface area contributed by atoms with Gasteiger partial charge >= 0.3 is 5.97 Å². The van der Waals surface area contributed by atoms with Crippen molar-refractivity contribution in [3.63, 3.8) is 0 Å². The number of aliphatic carboxylic acids is 1. The Morgan fingerprint density at radius 1 is 0.850 bits per heavy atom. The van der Waals surface area contributed by atoms with E-state index in [4.69, 9.17) is 10.8 Å². The molecule has 14 nitrogen and oxygen atoms in total. The van der Waals surface area contributed by atoms with Gasteiger partial charge < -0.3 is 42.5 Å². The number of Topliss-reactive ketones (excluding diaryl/α,β-unsaturated/α-hetero) is 1. The number of aliphatic hydroxyl groups excluding tert-OH is 1. The van der Waals surface area contributed by atoms with Gasteiger partial charge in [-0.3, -0.25) is 28.8 Å². The molecule has 40 heavy (non-hydrogen) atoms. The highest BCUT2D eigenvalue weighted by molar-refractivity contribution is 5.91. The van der Waals surface area contributed by atoms with E-state index in [9.17, 15) is 33.9 Å². The Hall–Kier alpha value is -3.10. The van der Waals surface area contributed by atoms with Gasteiger partial charge in [-0.05, 0) is 13.3 Å². The SMILES string of the molecule is CC(C)NC(CC(=O)O)C(=O)NCC(=O)C(C)C.CC(C)NCC(=O)NC(C(N)=O)C(C)O.CCCNC(C)=O. The van der Waals surface area contributed by atoms with Crippen molar-refractivity contribution in [3.05, 3.63) is 0 Å². The Morgan fingerprint density at radius 2 is 1.40 bits per heavy atom. The van der Waals surface area contributed by atoms with Gasteiger partial charge in [0.25, 0.3) is 0 Å². The summed E-state index contributed by atoms with van der Waals surface area (Å²) in [7, 11) is 0. The number of ketones is 1. The predicted octanol–water partition coefficient (Wildman–Crippen LogP) is -0.963. The van der Waals surface area contributed by atoms with Crippen LogP contribution in [-0.4, -0.2) is 95.5 Å². The van der Waals surface area contributed by atoms with Gasteiger partial charge in [0.15, 0.2) is 5.78 Å². The third-order valence-corrected chi connectivity index (χ3v) is 4.71. The highest BCUT2D eigenvalue weighted by atomic mass is 16.4. The molecule has 0 aliphatic heterocycles. The van der Waals surface area contributed by atoms with Crippen LogP contribution in [0.4, 0.5) is 0 Å². The molecular formula is C26H52N6O8. The molecule has 0 bridgehead atoms. The van der Waals surface area contributed by atoms with Crippen molar-refractivity contribution >= 4 is 35.4 Å². The molecule has 3 atom stereocenters. The Kier molecular flexibility index (Phi) is 24.6. The first-order valence-corrected chi connectivity index (χ1v) is 13.4. The molecule has 0 radical (unpaired) electrons. The van der Waals surface area contributed by atoms with E-state index < -0.39 is 36.0 Å². The number of nitrogens with one attached hydrogen (secondary N) is 5. The predicted molar refractivity (Wildman–Crippen MR) is 152 cm³/mol. The van der Waals surface area contributed by atoms with Crippen LogP contribution in [0.3, 0.4) is 0 Å². The van der Waals surface area contributed by atoms with Crippen molar-refractivity contribution in [3.8, 4) is 0 Å². The first kappa shape index (κ1) is 41.4. The molecule has 9 N–H and O–H groups in total. The molecule has 0 aliphatic rings. The van der Waals surface area contributed by atoms with Crippen molar-refractivity contribution in [1.29, 1.82) is 0 Å². The van der Waals surface area contributed by atoms with Crippen LogP contribution >= 0.6 is 0 Å². The fourth-order valence-corrected chi connectivity index (χ4v) is 2.56. The topological polar surface area (TPSA) is 229 Å². The molecule has 0 aromatic rings. The van der Waals surface area contributed by atoms with Crippen molar-refractivity contribution in [2.24, 2.45) is 11.7 Å². The van der Waals surface area contributed by atoms with E-state index in [1.807, 2.05) is 34.6 Å². The highest BCUT2D eigenvalue weighted by Crippen LogP contribution is 1.97. The summed E-state index contributed by atoms with van der Waals surface area (Å²) in [5.74, 6) is -2.81. The van der Waals surface area contributed by atoms with E-state index in [-0.39, 0.29) is 55.1 Å². The maximum Gasteiger partial charge on any atom is 0.305 e. The third kappa shape index (κ3) is 26.5. The minimum atomic E-state index is -1.06. The molecule has 0 spiro atoms. The number of carbonyl (C=O) groups excluding carboxylic acids is 5. The lowest BCUT2D eigenvalue weighted by Crippen LogP contribution is -2.52. The third-order valence-electron chi connectivity index (χ3n) is 4.71. The molecule has 3 unspecified atom stereocenters. The Labute approximate surface area is 238 Å². The summed E-state index contributed by atoms with van der Waals surface area (Å²) in [6, 6.07) is -1.69. The quantitative estimate of drug-likeness (QED) is 0.112. The molecule has 0 aliphatic carbocycles. The molecule has 0 aromatic heterocycles. The zero-order chi connectivity index (χ0) is 32.0. The van der Waals surface area contributed by atoms with Gasteiger partial charge in [0.05, 0.1) is 31.7 Å². The van der Waals surface area contributed by atoms with Crippen LogP contribution in [0.25, 0.3) is 0 Å². The minimum absolute atomic E-state index is 0.0131. The fraction of sp³-hybridized carbons (Fsp3) is 0.769. The number of hydrogen-bond acceptors (Lipinski definition) is 9. The van der Waals surface area contributed by atoms with Crippen LogP contribution < -0.4 is 32.3 Å².